The number of benzene rings is 6. The van der Waals surface area contributed by atoms with Gasteiger partial charge in [0.1, 0.15) is 27.9 Å². The summed E-state index contributed by atoms with van der Waals surface area (Å²) in [4.78, 5) is 0. The van der Waals surface area contributed by atoms with E-state index in [1.54, 1.807) is 0 Å². The van der Waals surface area contributed by atoms with Gasteiger partial charge in [-0.1, -0.05) is 106 Å². The normalized spacial score (nSPS) is 16.1. The molecule has 4 heteroatoms. The van der Waals surface area contributed by atoms with Gasteiger partial charge in [-0.05, 0) is 75.2 Å². The highest BCUT2D eigenvalue weighted by Gasteiger charge is 2.67. The zero-order valence-electron chi connectivity index (χ0n) is 30.3. The third kappa shape index (κ3) is 3.75. The zero-order chi connectivity index (χ0) is 35.1. The molecule has 1 unspecified atom stereocenters. The summed E-state index contributed by atoms with van der Waals surface area (Å²) in [6.07, 6.45) is 5.86. The molecule has 0 saturated heterocycles. The Labute approximate surface area is 304 Å². The second-order valence-corrected chi connectivity index (χ2v) is 21.5. The molecule has 0 bridgehead atoms. The van der Waals surface area contributed by atoms with E-state index in [0.717, 1.165) is 28.4 Å². The molecule has 2 aliphatic rings. The van der Waals surface area contributed by atoms with E-state index in [-0.39, 0.29) is 0 Å². The minimum atomic E-state index is -1.64. The molecule has 9 aromatic rings. The fourth-order valence-corrected chi connectivity index (χ4v) is 10.8. The SMILES string of the molecule is CC(C)Cc1cc[n+]2c(c1)-c1c(ccc3c1oc1c3ccc3c4ccccc4c4ccccc4c31)C21c2ccccc2-c2ccc([Si](C)(C)C)c[n+]21. The first-order chi connectivity index (χ1) is 25.2. The Hall–Kier alpha value is -5.58. The number of aromatic nitrogens is 2. The molecule has 1 atom stereocenters. The van der Waals surface area contributed by atoms with Crippen LogP contribution in [-0.4, -0.2) is 8.07 Å². The molecule has 52 heavy (non-hydrogen) atoms. The maximum atomic E-state index is 7.38. The number of pyridine rings is 2. The topological polar surface area (TPSA) is 20.9 Å². The summed E-state index contributed by atoms with van der Waals surface area (Å²) in [6.45, 7) is 12.0. The molecular weight excluding hydrogens is 649 g/mol. The summed E-state index contributed by atoms with van der Waals surface area (Å²) in [7, 11) is -1.64. The van der Waals surface area contributed by atoms with E-state index in [1.807, 2.05) is 0 Å². The number of hydrogen-bond acceptors (Lipinski definition) is 1. The monoisotopic (exact) mass is 688 g/mol. The maximum absolute atomic E-state index is 7.38. The largest absolute Gasteiger partial charge is 0.454 e. The summed E-state index contributed by atoms with van der Waals surface area (Å²) >= 11 is 0. The molecule has 5 heterocycles. The van der Waals surface area contributed by atoms with Gasteiger partial charge in [0, 0.05) is 39.5 Å². The fraction of sp³-hybridized carbons (Fsp3) is 0.167. The molecule has 0 aliphatic carbocycles. The van der Waals surface area contributed by atoms with Crippen LogP contribution >= 0.6 is 0 Å². The van der Waals surface area contributed by atoms with Crippen molar-refractivity contribution in [2.24, 2.45) is 5.92 Å². The van der Waals surface area contributed by atoms with E-state index in [4.69, 9.17) is 4.42 Å². The molecular formula is C48H40N2OSi+2. The van der Waals surface area contributed by atoms with Crippen LogP contribution in [0.25, 0.3) is 76.8 Å². The lowest BCUT2D eigenvalue weighted by molar-refractivity contribution is -0.954. The summed E-state index contributed by atoms with van der Waals surface area (Å²) in [5, 5.41) is 11.2. The van der Waals surface area contributed by atoms with Crippen LogP contribution in [0.4, 0.5) is 0 Å². The van der Waals surface area contributed by atoms with E-state index in [1.165, 1.54) is 76.7 Å². The van der Waals surface area contributed by atoms with E-state index in [0.29, 0.717) is 5.92 Å². The molecule has 0 radical (unpaired) electrons. The van der Waals surface area contributed by atoms with Crippen molar-refractivity contribution in [3.63, 3.8) is 0 Å². The Bertz CT molecular complexity index is 2980. The van der Waals surface area contributed by atoms with Crippen molar-refractivity contribution in [2.75, 3.05) is 0 Å². The van der Waals surface area contributed by atoms with Crippen LogP contribution in [-0.2, 0) is 12.1 Å². The number of hydrogen-bond donors (Lipinski definition) is 0. The highest BCUT2D eigenvalue weighted by Crippen LogP contribution is 2.51. The summed E-state index contributed by atoms with van der Waals surface area (Å²) < 4.78 is 12.5. The molecule has 0 N–H and O–H groups in total. The Morgan fingerprint density at radius 3 is 1.98 bits per heavy atom. The van der Waals surface area contributed by atoms with E-state index in [9.17, 15) is 0 Å². The minimum absolute atomic E-state index is 0.552. The first-order valence-corrected chi connectivity index (χ1v) is 22.2. The summed E-state index contributed by atoms with van der Waals surface area (Å²) in [6, 6.07) is 45.6. The van der Waals surface area contributed by atoms with Gasteiger partial charge in [-0.3, -0.25) is 0 Å². The van der Waals surface area contributed by atoms with Crippen LogP contribution in [0.15, 0.2) is 138 Å². The second-order valence-electron chi connectivity index (χ2n) is 16.5. The Kier molecular flexibility index (Phi) is 5.94. The maximum Gasteiger partial charge on any atom is 0.417 e. The van der Waals surface area contributed by atoms with Crippen molar-refractivity contribution in [3.8, 4) is 22.5 Å². The van der Waals surface area contributed by atoms with E-state index < -0.39 is 13.7 Å². The van der Waals surface area contributed by atoms with E-state index >= 15 is 0 Å². The molecule has 3 aromatic heterocycles. The van der Waals surface area contributed by atoms with Gasteiger partial charge < -0.3 is 4.42 Å². The van der Waals surface area contributed by atoms with Crippen LogP contribution in [0.5, 0.6) is 0 Å². The summed E-state index contributed by atoms with van der Waals surface area (Å²) in [5.41, 5.74) is 10.2. The first-order valence-electron chi connectivity index (χ1n) is 18.7. The molecule has 1 spiro atoms. The van der Waals surface area contributed by atoms with Crippen LogP contribution in [0.2, 0.25) is 19.6 Å². The molecule has 11 rings (SSSR count). The predicted molar refractivity (Wildman–Crippen MR) is 217 cm³/mol. The number of furan rings is 1. The Morgan fingerprint density at radius 2 is 1.23 bits per heavy atom. The molecule has 0 saturated carbocycles. The van der Waals surface area contributed by atoms with Crippen molar-refractivity contribution in [3.05, 3.63) is 150 Å². The third-order valence-electron chi connectivity index (χ3n) is 11.9. The lowest BCUT2D eigenvalue weighted by atomic mass is 9.89. The van der Waals surface area contributed by atoms with Gasteiger partial charge in [-0.2, -0.15) is 0 Å². The molecule has 0 amide bonds. The van der Waals surface area contributed by atoms with Crippen LogP contribution < -0.4 is 14.3 Å². The van der Waals surface area contributed by atoms with Crippen LogP contribution in [0.1, 0.15) is 30.5 Å². The number of fused-ring (bicyclic) bond motifs is 21. The highest BCUT2D eigenvalue weighted by molar-refractivity contribution is 6.88. The lowest BCUT2D eigenvalue weighted by Gasteiger charge is -2.20. The van der Waals surface area contributed by atoms with Gasteiger partial charge in [0.2, 0.25) is 11.4 Å². The number of nitrogens with zero attached hydrogens (tertiary/aromatic N) is 2. The van der Waals surface area contributed by atoms with Gasteiger partial charge >= 0.3 is 5.66 Å². The quantitative estimate of drug-likeness (QED) is 0.103. The van der Waals surface area contributed by atoms with Crippen LogP contribution in [0.3, 0.4) is 0 Å². The first kappa shape index (κ1) is 30.1. The van der Waals surface area contributed by atoms with Gasteiger partial charge in [-0.25, -0.2) is 0 Å². The standard InChI is InChI=1S/C48H40N2OSi/c1-29(2)26-30-24-25-49-43(27-30)45-41(48(49)40-17-11-10-16-39(40)42-23-18-31(28-50(42)48)52(3,4)5)22-21-38-37-20-19-36-34-14-7-6-12-32(34)33-13-8-9-15-35(33)44(36)46(37)51-47(38)45/h6-25,27-29H,26H2,1-5H3/q+2. The molecule has 3 nitrogen and oxygen atoms in total. The Morgan fingerprint density at radius 1 is 0.596 bits per heavy atom. The smallest absolute Gasteiger partial charge is 0.417 e. The van der Waals surface area contributed by atoms with Crippen LogP contribution in [0, 0.1) is 5.92 Å². The highest BCUT2D eigenvalue weighted by atomic mass is 28.3. The molecule has 250 valence electrons. The average molecular weight is 689 g/mol. The van der Waals surface area contributed by atoms with Crippen molar-refractivity contribution in [1.29, 1.82) is 0 Å². The lowest BCUT2D eigenvalue weighted by Crippen LogP contribution is -2.72. The number of rotatable bonds is 3. The molecule has 2 aliphatic heterocycles. The minimum Gasteiger partial charge on any atom is -0.454 e. The predicted octanol–water partition coefficient (Wildman–Crippen LogP) is 10.6. The molecule has 6 aromatic carbocycles. The van der Waals surface area contributed by atoms with Gasteiger partial charge in [0.15, 0.2) is 12.4 Å². The van der Waals surface area contributed by atoms with Gasteiger partial charge in [0.25, 0.3) is 0 Å². The fourth-order valence-electron chi connectivity index (χ4n) is 9.67. The van der Waals surface area contributed by atoms with Crippen molar-refractivity contribution in [1.82, 2.24) is 0 Å². The van der Waals surface area contributed by atoms with Gasteiger partial charge in [-0.15, -0.1) is 9.13 Å². The summed E-state index contributed by atoms with van der Waals surface area (Å²) in [5.74, 6) is 0.552. The van der Waals surface area contributed by atoms with Crippen molar-refractivity contribution >= 4 is 67.5 Å². The van der Waals surface area contributed by atoms with Crippen molar-refractivity contribution in [2.45, 2.75) is 45.6 Å². The average Bonchev–Trinajstić information content (AvgIpc) is 3.77. The van der Waals surface area contributed by atoms with Crippen molar-refractivity contribution < 1.29 is 13.6 Å². The third-order valence-corrected chi connectivity index (χ3v) is 13.9. The molecule has 0 fully saturated rings. The zero-order valence-corrected chi connectivity index (χ0v) is 31.3. The second kappa shape index (κ2) is 10.3. The Balaban J connectivity index is 1.31. The van der Waals surface area contributed by atoms with Gasteiger partial charge in [0.05, 0.1) is 13.6 Å². The van der Waals surface area contributed by atoms with E-state index in [2.05, 4.69) is 176 Å².